The summed E-state index contributed by atoms with van der Waals surface area (Å²) in [7, 11) is 3.25. The Morgan fingerprint density at radius 3 is 2.33 bits per heavy atom. The Balaban J connectivity index is 1.70. The first-order valence-electron chi connectivity index (χ1n) is 9.05. The van der Waals surface area contributed by atoms with Crippen molar-refractivity contribution in [2.45, 2.75) is 6.92 Å². The second-order valence-electron chi connectivity index (χ2n) is 6.36. The first-order chi connectivity index (χ1) is 14.4. The average molecular weight is 407 g/mol. The molecule has 9 nitrogen and oxygen atoms in total. The highest BCUT2D eigenvalue weighted by Crippen LogP contribution is 2.14. The fraction of sp³-hybridized carbons (Fsp3) is 0.143. The molecule has 154 valence electrons. The fourth-order valence-electron chi connectivity index (χ4n) is 2.79. The molecule has 2 amide bonds. The van der Waals surface area contributed by atoms with Crippen molar-refractivity contribution in [1.29, 1.82) is 0 Å². The smallest absolute Gasteiger partial charge is 0.329 e. The summed E-state index contributed by atoms with van der Waals surface area (Å²) in [4.78, 5) is 37.1. The number of benzene rings is 2. The van der Waals surface area contributed by atoms with Gasteiger partial charge in [0.05, 0.1) is 24.7 Å². The predicted molar refractivity (Wildman–Crippen MR) is 113 cm³/mol. The van der Waals surface area contributed by atoms with E-state index in [1.54, 1.807) is 74.3 Å². The molecule has 0 radical (unpaired) electrons. The topological polar surface area (TPSA) is 107 Å². The molecule has 0 saturated heterocycles. The van der Waals surface area contributed by atoms with Crippen molar-refractivity contribution in [3.63, 3.8) is 0 Å². The Labute approximate surface area is 172 Å². The third kappa shape index (κ3) is 4.30. The van der Waals surface area contributed by atoms with E-state index in [1.807, 2.05) is 6.07 Å². The van der Waals surface area contributed by atoms with Crippen molar-refractivity contribution in [3.05, 3.63) is 76.2 Å². The van der Waals surface area contributed by atoms with E-state index in [0.29, 0.717) is 22.7 Å². The van der Waals surface area contributed by atoms with E-state index in [2.05, 4.69) is 15.8 Å². The number of methoxy groups -OCH3 is 1. The van der Waals surface area contributed by atoms with Gasteiger partial charge in [-0.2, -0.15) is 5.10 Å². The number of para-hydroxylation sites is 1. The van der Waals surface area contributed by atoms with Crippen LogP contribution in [-0.4, -0.2) is 34.5 Å². The number of anilines is 1. The van der Waals surface area contributed by atoms with Crippen LogP contribution in [0.2, 0.25) is 0 Å². The van der Waals surface area contributed by atoms with Gasteiger partial charge in [0.1, 0.15) is 11.4 Å². The molecule has 30 heavy (non-hydrogen) atoms. The minimum Gasteiger partial charge on any atom is -0.497 e. The molecule has 0 bridgehead atoms. The predicted octanol–water partition coefficient (Wildman–Crippen LogP) is 1.58. The van der Waals surface area contributed by atoms with Gasteiger partial charge in [0, 0.05) is 7.05 Å². The summed E-state index contributed by atoms with van der Waals surface area (Å²) in [5, 5.41) is 6.14. The second-order valence-corrected chi connectivity index (χ2v) is 6.36. The zero-order valence-corrected chi connectivity index (χ0v) is 16.7. The fourth-order valence-corrected chi connectivity index (χ4v) is 2.79. The normalized spacial score (nSPS) is 10.8. The Bertz CT molecular complexity index is 1140. The number of nitrogens with one attached hydrogen (secondary N) is 2. The molecule has 0 aliphatic carbocycles. The van der Waals surface area contributed by atoms with Crippen LogP contribution in [0.4, 0.5) is 5.69 Å². The van der Waals surface area contributed by atoms with Crippen molar-refractivity contribution in [3.8, 4) is 11.4 Å². The molecule has 1 aromatic heterocycles. The number of rotatable bonds is 5. The molecule has 9 heteroatoms. The molecule has 3 rings (SSSR count). The lowest BCUT2D eigenvalue weighted by atomic mass is 10.2. The van der Waals surface area contributed by atoms with Gasteiger partial charge in [0.15, 0.2) is 0 Å². The molecule has 0 aliphatic heterocycles. The quantitative estimate of drug-likeness (QED) is 0.380. The molecule has 0 spiro atoms. The third-order valence-electron chi connectivity index (χ3n) is 4.49. The van der Waals surface area contributed by atoms with Crippen molar-refractivity contribution in [1.82, 2.24) is 14.8 Å². The number of nitrogens with zero attached hydrogens (tertiary/aromatic N) is 3. The average Bonchev–Trinajstić information content (AvgIpc) is 2.97. The monoisotopic (exact) mass is 407 g/mol. The number of carbonyl (C=O) groups excluding carboxylic acids is 2. The first kappa shape index (κ1) is 20.6. The van der Waals surface area contributed by atoms with Crippen LogP contribution >= 0.6 is 0 Å². The van der Waals surface area contributed by atoms with Crippen LogP contribution in [0.15, 0.2) is 64.5 Å². The van der Waals surface area contributed by atoms with Gasteiger partial charge in [0.25, 0.3) is 5.56 Å². The number of aromatic nitrogens is 2. The zero-order valence-electron chi connectivity index (χ0n) is 16.7. The lowest BCUT2D eigenvalue weighted by Gasteiger charge is -2.07. The van der Waals surface area contributed by atoms with E-state index in [4.69, 9.17) is 4.74 Å². The van der Waals surface area contributed by atoms with Gasteiger partial charge in [-0.25, -0.2) is 10.1 Å². The van der Waals surface area contributed by atoms with Crippen LogP contribution in [0.25, 0.3) is 5.69 Å². The molecule has 3 aromatic rings. The highest BCUT2D eigenvalue weighted by Gasteiger charge is 2.21. The van der Waals surface area contributed by atoms with Crippen molar-refractivity contribution >= 4 is 23.7 Å². The molecule has 2 aromatic carbocycles. The van der Waals surface area contributed by atoms with E-state index < -0.39 is 17.4 Å². The molecule has 2 N–H and O–H groups in total. The van der Waals surface area contributed by atoms with E-state index >= 15 is 0 Å². The second kappa shape index (κ2) is 8.91. The van der Waals surface area contributed by atoms with E-state index in [9.17, 15) is 14.4 Å². The maximum atomic E-state index is 12.8. The molecule has 0 saturated carbocycles. The number of hydrogen-bond acceptors (Lipinski definition) is 5. The maximum absolute atomic E-state index is 12.8. The summed E-state index contributed by atoms with van der Waals surface area (Å²) >= 11 is 0. The molecule has 0 atom stereocenters. The van der Waals surface area contributed by atoms with Gasteiger partial charge in [-0.1, -0.05) is 18.2 Å². The van der Waals surface area contributed by atoms with E-state index in [0.717, 1.165) is 0 Å². The van der Waals surface area contributed by atoms with Crippen molar-refractivity contribution < 1.29 is 14.3 Å². The van der Waals surface area contributed by atoms with Gasteiger partial charge in [0.2, 0.25) is 0 Å². The molecule has 0 aliphatic rings. The highest BCUT2D eigenvalue weighted by atomic mass is 16.5. The molecule has 0 unspecified atom stereocenters. The molecular formula is C21H21N5O4. The Kier molecular flexibility index (Phi) is 6.11. The Morgan fingerprint density at radius 1 is 1.03 bits per heavy atom. The number of ether oxygens (including phenoxy) is 1. The summed E-state index contributed by atoms with van der Waals surface area (Å²) in [5.74, 6) is -1.29. The van der Waals surface area contributed by atoms with Crippen LogP contribution in [0.1, 0.15) is 11.3 Å². The minimum atomic E-state index is -0.993. The molecular weight excluding hydrogens is 386 g/mol. The lowest BCUT2D eigenvalue weighted by molar-refractivity contribution is -0.136. The summed E-state index contributed by atoms with van der Waals surface area (Å²) in [6, 6.07) is 16.0. The third-order valence-corrected chi connectivity index (χ3v) is 4.49. The number of carbonyl (C=O) groups is 2. The zero-order chi connectivity index (χ0) is 21.7. The van der Waals surface area contributed by atoms with Crippen LogP contribution in [0.3, 0.4) is 0 Å². The van der Waals surface area contributed by atoms with Gasteiger partial charge in [-0.15, -0.1) is 0 Å². The minimum absolute atomic E-state index is 0.0284. The molecule has 1 heterocycles. The van der Waals surface area contributed by atoms with Gasteiger partial charge < -0.3 is 10.1 Å². The van der Waals surface area contributed by atoms with Gasteiger partial charge in [-0.05, 0) is 48.9 Å². The van der Waals surface area contributed by atoms with E-state index in [-0.39, 0.29) is 5.69 Å². The van der Waals surface area contributed by atoms with Crippen molar-refractivity contribution in [2.75, 3.05) is 12.4 Å². The van der Waals surface area contributed by atoms with Crippen molar-refractivity contribution in [2.24, 2.45) is 12.1 Å². The summed E-state index contributed by atoms with van der Waals surface area (Å²) < 4.78 is 8.07. The summed E-state index contributed by atoms with van der Waals surface area (Å²) in [6.07, 6.45) is 1.39. The first-order valence-corrected chi connectivity index (χ1v) is 9.05. The highest BCUT2D eigenvalue weighted by molar-refractivity contribution is 6.39. The number of hydrazone groups is 1. The lowest BCUT2D eigenvalue weighted by Crippen LogP contribution is -2.34. The number of amides is 2. The van der Waals surface area contributed by atoms with E-state index in [1.165, 1.54) is 10.9 Å². The van der Waals surface area contributed by atoms with Crippen LogP contribution < -0.4 is 21.0 Å². The van der Waals surface area contributed by atoms with Gasteiger partial charge in [-0.3, -0.25) is 19.1 Å². The Morgan fingerprint density at radius 2 is 1.70 bits per heavy atom. The molecule has 0 fully saturated rings. The maximum Gasteiger partial charge on any atom is 0.329 e. The van der Waals surface area contributed by atoms with Gasteiger partial charge >= 0.3 is 11.8 Å². The van der Waals surface area contributed by atoms with Crippen LogP contribution in [-0.2, 0) is 16.6 Å². The SMILES string of the molecule is COc1ccc(/C=N/NC(=O)C(=O)Nc2c(C)n(C)n(-c3ccccc3)c2=O)cc1. The largest absolute Gasteiger partial charge is 0.497 e. The summed E-state index contributed by atoms with van der Waals surface area (Å²) in [5.41, 5.74) is 3.59. The van der Waals surface area contributed by atoms with Crippen LogP contribution in [0, 0.1) is 6.92 Å². The summed E-state index contributed by atoms with van der Waals surface area (Å²) in [6.45, 7) is 1.68. The standard InChI is InChI=1S/C21H21N5O4/c1-14-18(21(29)26(25(14)2)16-7-5-4-6-8-16)23-19(27)20(28)24-22-13-15-9-11-17(30-3)12-10-15/h4-13H,1-3H3,(H,23,27)(H,24,28)/b22-13+. The number of hydrogen-bond donors (Lipinski definition) is 2. The van der Waals surface area contributed by atoms with Crippen LogP contribution in [0.5, 0.6) is 5.75 Å². The Hall–Kier alpha value is -4.14.